The summed E-state index contributed by atoms with van der Waals surface area (Å²) in [7, 11) is 0. The molecule has 156 valence electrons. The van der Waals surface area contributed by atoms with Crippen molar-refractivity contribution in [2.75, 3.05) is 36.8 Å². The number of aromatic hydroxyl groups is 1. The fourth-order valence-corrected chi connectivity index (χ4v) is 4.48. The summed E-state index contributed by atoms with van der Waals surface area (Å²) in [5.74, 6) is 1.57. The smallest absolute Gasteiger partial charge is 0.233 e. The van der Waals surface area contributed by atoms with E-state index in [2.05, 4.69) is 26.6 Å². The zero-order valence-electron chi connectivity index (χ0n) is 16.9. The van der Waals surface area contributed by atoms with E-state index in [1.807, 2.05) is 47.4 Å². The van der Waals surface area contributed by atoms with Gasteiger partial charge in [0.25, 0.3) is 0 Å². The third kappa shape index (κ3) is 4.43. The number of hydrogen-bond acceptors (Lipinski definition) is 6. The molecule has 1 amide bonds. The first-order valence-electron chi connectivity index (χ1n) is 10.1. The van der Waals surface area contributed by atoms with Crippen LogP contribution in [0.2, 0.25) is 0 Å². The molecule has 4 rings (SSSR count). The van der Waals surface area contributed by atoms with Gasteiger partial charge < -0.3 is 19.5 Å². The van der Waals surface area contributed by atoms with Gasteiger partial charge in [-0.15, -0.1) is 10.2 Å². The summed E-state index contributed by atoms with van der Waals surface area (Å²) in [6, 6.07) is 17.2. The molecule has 7 nitrogen and oxygen atoms in total. The third-order valence-electron chi connectivity index (χ3n) is 5.24. The molecule has 0 atom stereocenters. The number of aromatic nitrogens is 3. The minimum Gasteiger partial charge on any atom is -0.508 e. The summed E-state index contributed by atoms with van der Waals surface area (Å²) in [5.41, 5.74) is 2.09. The van der Waals surface area contributed by atoms with Crippen LogP contribution in [-0.2, 0) is 11.3 Å². The fourth-order valence-electron chi connectivity index (χ4n) is 3.58. The average Bonchev–Trinajstić information content (AvgIpc) is 3.21. The number of carbonyl (C=O) groups is 1. The Bertz CT molecular complexity index is 983. The molecule has 0 spiro atoms. The molecule has 1 N–H and O–H groups in total. The van der Waals surface area contributed by atoms with Crippen molar-refractivity contribution in [3.63, 3.8) is 0 Å². The zero-order valence-corrected chi connectivity index (χ0v) is 17.8. The Kier molecular flexibility index (Phi) is 6.23. The van der Waals surface area contributed by atoms with Crippen molar-refractivity contribution in [1.29, 1.82) is 0 Å². The Hall–Kier alpha value is -3.00. The van der Waals surface area contributed by atoms with Gasteiger partial charge in [0, 0.05) is 44.0 Å². The summed E-state index contributed by atoms with van der Waals surface area (Å²) in [4.78, 5) is 16.9. The van der Waals surface area contributed by atoms with Crippen LogP contribution in [0, 0.1) is 0 Å². The van der Waals surface area contributed by atoms with Crippen molar-refractivity contribution < 1.29 is 9.90 Å². The number of amides is 1. The van der Waals surface area contributed by atoms with E-state index in [1.54, 1.807) is 12.1 Å². The van der Waals surface area contributed by atoms with Gasteiger partial charge in [-0.3, -0.25) is 4.79 Å². The molecule has 0 aliphatic carbocycles. The summed E-state index contributed by atoms with van der Waals surface area (Å²) in [6.45, 7) is 5.75. The highest BCUT2D eigenvalue weighted by Crippen LogP contribution is 2.24. The first-order valence-corrected chi connectivity index (χ1v) is 11.1. The lowest BCUT2D eigenvalue weighted by Crippen LogP contribution is -2.49. The van der Waals surface area contributed by atoms with Gasteiger partial charge in [0.05, 0.1) is 5.75 Å². The zero-order chi connectivity index (χ0) is 20.9. The van der Waals surface area contributed by atoms with Crippen LogP contribution in [0.1, 0.15) is 6.92 Å². The lowest BCUT2D eigenvalue weighted by atomic mass is 10.2. The maximum absolute atomic E-state index is 12.7. The van der Waals surface area contributed by atoms with E-state index < -0.39 is 0 Å². The maximum atomic E-state index is 12.7. The second-order valence-corrected chi connectivity index (χ2v) is 8.03. The summed E-state index contributed by atoms with van der Waals surface area (Å²) in [5, 5.41) is 18.9. The highest BCUT2D eigenvalue weighted by Gasteiger charge is 2.22. The lowest BCUT2D eigenvalue weighted by Gasteiger charge is -2.36. The van der Waals surface area contributed by atoms with Crippen molar-refractivity contribution >= 4 is 23.4 Å². The molecular weight excluding hydrogens is 398 g/mol. The number of phenols is 1. The number of phenolic OH excluding ortho intramolecular Hbond substituents is 1. The van der Waals surface area contributed by atoms with E-state index >= 15 is 0 Å². The van der Waals surface area contributed by atoms with E-state index in [0.29, 0.717) is 18.8 Å². The van der Waals surface area contributed by atoms with Crippen LogP contribution in [0.25, 0.3) is 11.4 Å². The predicted molar refractivity (Wildman–Crippen MR) is 119 cm³/mol. The van der Waals surface area contributed by atoms with Crippen molar-refractivity contribution in [2.24, 2.45) is 0 Å². The largest absolute Gasteiger partial charge is 0.508 e. The normalized spacial score (nSPS) is 14.2. The average molecular weight is 424 g/mol. The number of nitrogens with zero attached hydrogens (tertiary/aromatic N) is 5. The fraction of sp³-hybridized carbons (Fsp3) is 0.318. The molecule has 8 heteroatoms. The minimum atomic E-state index is 0.122. The van der Waals surface area contributed by atoms with Gasteiger partial charge in [0.1, 0.15) is 5.75 Å². The SMILES string of the molecule is CCn1c(SCC(=O)N2CCN(c3ccc(O)cc3)CC2)nnc1-c1ccccc1. The van der Waals surface area contributed by atoms with Gasteiger partial charge in [-0.2, -0.15) is 0 Å². The van der Waals surface area contributed by atoms with E-state index in [1.165, 1.54) is 11.8 Å². The molecule has 3 aromatic rings. The highest BCUT2D eigenvalue weighted by molar-refractivity contribution is 7.99. The van der Waals surface area contributed by atoms with Crippen LogP contribution in [-0.4, -0.2) is 62.6 Å². The Morgan fingerprint density at radius 3 is 2.37 bits per heavy atom. The second-order valence-electron chi connectivity index (χ2n) is 7.09. The van der Waals surface area contributed by atoms with Crippen molar-refractivity contribution in [1.82, 2.24) is 19.7 Å². The topological polar surface area (TPSA) is 74.5 Å². The molecule has 0 unspecified atom stereocenters. The molecule has 1 aromatic heterocycles. The number of hydrogen-bond donors (Lipinski definition) is 1. The first kappa shape index (κ1) is 20.3. The number of rotatable bonds is 6. The molecule has 30 heavy (non-hydrogen) atoms. The Balaban J connectivity index is 1.33. The van der Waals surface area contributed by atoms with Crippen LogP contribution in [0.3, 0.4) is 0 Å². The van der Waals surface area contributed by atoms with Crippen molar-refractivity contribution in [2.45, 2.75) is 18.6 Å². The van der Waals surface area contributed by atoms with Crippen LogP contribution < -0.4 is 4.90 Å². The molecule has 1 aliphatic rings. The summed E-state index contributed by atoms with van der Waals surface area (Å²) >= 11 is 1.44. The molecule has 0 saturated carbocycles. The standard InChI is InChI=1S/C22H25N5O2S/c1-2-27-21(17-6-4-3-5-7-17)23-24-22(27)30-16-20(29)26-14-12-25(13-15-26)18-8-10-19(28)11-9-18/h3-11,28H,2,12-16H2,1H3. The number of thioether (sulfide) groups is 1. The van der Waals surface area contributed by atoms with E-state index in [9.17, 15) is 9.90 Å². The van der Waals surface area contributed by atoms with E-state index in [4.69, 9.17) is 0 Å². The molecule has 1 aliphatic heterocycles. The van der Waals surface area contributed by atoms with Crippen LogP contribution in [0.4, 0.5) is 5.69 Å². The Labute approximate surface area is 180 Å². The molecular formula is C22H25N5O2S. The molecule has 1 fully saturated rings. The van der Waals surface area contributed by atoms with Gasteiger partial charge in [0.15, 0.2) is 11.0 Å². The van der Waals surface area contributed by atoms with Gasteiger partial charge in [0.2, 0.25) is 5.91 Å². The number of benzene rings is 2. The third-order valence-corrected chi connectivity index (χ3v) is 6.19. The number of anilines is 1. The maximum Gasteiger partial charge on any atom is 0.233 e. The van der Waals surface area contributed by atoms with Crippen molar-refractivity contribution in [3.8, 4) is 17.1 Å². The number of carbonyl (C=O) groups excluding carboxylic acids is 1. The Morgan fingerprint density at radius 1 is 1.00 bits per heavy atom. The monoisotopic (exact) mass is 423 g/mol. The molecule has 1 saturated heterocycles. The molecule has 0 bridgehead atoms. The van der Waals surface area contributed by atoms with Gasteiger partial charge in [-0.05, 0) is 31.2 Å². The van der Waals surface area contributed by atoms with Crippen LogP contribution in [0.15, 0.2) is 59.8 Å². The predicted octanol–water partition coefficient (Wildman–Crippen LogP) is 3.11. The second kappa shape index (κ2) is 9.21. The minimum absolute atomic E-state index is 0.122. The van der Waals surface area contributed by atoms with Gasteiger partial charge in [-0.1, -0.05) is 42.1 Å². The van der Waals surface area contributed by atoms with Crippen LogP contribution >= 0.6 is 11.8 Å². The van der Waals surface area contributed by atoms with E-state index in [-0.39, 0.29) is 11.7 Å². The van der Waals surface area contributed by atoms with Gasteiger partial charge >= 0.3 is 0 Å². The van der Waals surface area contributed by atoms with E-state index in [0.717, 1.165) is 41.9 Å². The Morgan fingerprint density at radius 2 is 1.70 bits per heavy atom. The quantitative estimate of drug-likeness (QED) is 0.614. The molecule has 0 radical (unpaired) electrons. The van der Waals surface area contributed by atoms with Gasteiger partial charge in [-0.25, -0.2) is 0 Å². The summed E-state index contributed by atoms with van der Waals surface area (Å²) < 4.78 is 2.05. The molecule has 2 heterocycles. The summed E-state index contributed by atoms with van der Waals surface area (Å²) in [6.07, 6.45) is 0. The first-order chi connectivity index (χ1) is 14.7. The van der Waals surface area contributed by atoms with Crippen LogP contribution in [0.5, 0.6) is 5.75 Å². The highest BCUT2D eigenvalue weighted by atomic mass is 32.2. The lowest BCUT2D eigenvalue weighted by molar-refractivity contribution is -0.128. The number of piperazine rings is 1. The van der Waals surface area contributed by atoms with Crippen molar-refractivity contribution in [3.05, 3.63) is 54.6 Å². The molecule has 2 aromatic carbocycles.